The van der Waals surface area contributed by atoms with Crippen LogP contribution in [0.4, 0.5) is 0 Å². The lowest BCUT2D eigenvalue weighted by Gasteiger charge is -2.40. The molecule has 0 aromatic heterocycles. The first-order valence-electron chi connectivity index (χ1n) is 8.17. The Morgan fingerprint density at radius 1 is 1.30 bits per heavy atom. The van der Waals surface area contributed by atoms with Crippen LogP contribution >= 0.6 is 0 Å². The van der Waals surface area contributed by atoms with Crippen molar-refractivity contribution in [2.75, 3.05) is 39.8 Å². The molecule has 0 radical (unpaired) electrons. The van der Waals surface area contributed by atoms with E-state index in [0.717, 1.165) is 52.0 Å². The van der Waals surface area contributed by atoms with Crippen LogP contribution in [0.25, 0.3) is 0 Å². The molecular formula is C16H31N3O. The van der Waals surface area contributed by atoms with Gasteiger partial charge in [0.25, 0.3) is 0 Å². The lowest BCUT2D eigenvalue weighted by atomic mass is 9.76. The van der Waals surface area contributed by atoms with Gasteiger partial charge in [-0.2, -0.15) is 0 Å². The van der Waals surface area contributed by atoms with Crippen molar-refractivity contribution in [3.63, 3.8) is 0 Å². The summed E-state index contributed by atoms with van der Waals surface area (Å²) in [5, 5.41) is 6.66. The summed E-state index contributed by atoms with van der Waals surface area (Å²) in [6.07, 6.45) is 5.44. The zero-order valence-electron chi connectivity index (χ0n) is 13.4. The fourth-order valence-electron chi connectivity index (χ4n) is 3.44. The van der Waals surface area contributed by atoms with Gasteiger partial charge in [-0.3, -0.25) is 4.79 Å². The summed E-state index contributed by atoms with van der Waals surface area (Å²) >= 11 is 0. The summed E-state index contributed by atoms with van der Waals surface area (Å²) in [7, 11) is 2.18. The summed E-state index contributed by atoms with van der Waals surface area (Å²) in [6, 6.07) is 0. The Labute approximate surface area is 123 Å². The van der Waals surface area contributed by atoms with Crippen LogP contribution in [0.15, 0.2) is 0 Å². The molecule has 4 heteroatoms. The van der Waals surface area contributed by atoms with Gasteiger partial charge in [-0.25, -0.2) is 0 Å². The summed E-state index contributed by atoms with van der Waals surface area (Å²) in [4.78, 5) is 15.0. The zero-order valence-corrected chi connectivity index (χ0v) is 13.4. The van der Waals surface area contributed by atoms with Crippen molar-refractivity contribution in [3.05, 3.63) is 0 Å². The fourth-order valence-corrected chi connectivity index (χ4v) is 3.44. The summed E-state index contributed by atoms with van der Waals surface area (Å²) in [6.45, 7) is 9.48. The van der Waals surface area contributed by atoms with E-state index in [1.807, 2.05) is 0 Å². The van der Waals surface area contributed by atoms with Gasteiger partial charge in [0.05, 0.1) is 5.41 Å². The molecule has 1 unspecified atom stereocenters. The SMILES string of the molecule is CCC1(C(=O)NCC2(C)CCN(C)CC2)CCCNC1. The van der Waals surface area contributed by atoms with Crippen molar-refractivity contribution in [1.29, 1.82) is 0 Å². The minimum absolute atomic E-state index is 0.167. The summed E-state index contributed by atoms with van der Waals surface area (Å²) < 4.78 is 0. The Balaban J connectivity index is 1.87. The van der Waals surface area contributed by atoms with Crippen LogP contribution in [0.1, 0.15) is 46.0 Å². The van der Waals surface area contributed by atoms with E-state index < -0.39 is 0 Å². The van der Waals surface area contributed by atoms with Crippen molar-refractivity contribution in [2.24, 2.45) is 10.8 Å². The van der Waals surface area contributed by atoms with E-state index in [9.17, 15) is 4.79 Å². The number of hydrogen-bond acceptors (Lipinski definition) is 3. The Bertz CT molecular complexity index is 329. The van der Waals surface area contributed by atoms with Gasteiger partial charge < -0.3 is 15.5 Å². The number of nitrogens with one attached hydrogen (secondary N) is 2. The standard InChI is InChI=1S/C16H31N3O/c1-4-16(6-5-9-17-13-16)14(20)18-12-15(2)7-10-19(3)11-8-15/h17H,4-13H2,1-3H3,(H,18,20). The van der Waals surface area contributed by atoms with Gasteiger partial charge in [0.2, 0.25) is 5.91 Å². The lowest BCUT2D eigenvalue weighted by molar-refractivity contribution is -0.133. The normalized spacial score (nSPS) is 30.9. The maximum Gasteiger partial charge on any atom is 0.227 e. The molecule has 0 bridgehead atoms. The summed E-state index contributed by atoms with van der Waals surface area (Å²) in [5.74, 6) is 0.271. The van der Waals surface area contributed by atoms with Crippen LogP contribution in [0.2, 0.25) is 0 Å². The molecule has 0 spiro atoms. The van der Waals surface area contributed by atoms with Gasteiger partial charge in [-0.15, -0.1) is 0 Å². The van der Waals surface area contributed by atoms with Crippen molar-refractivity contribution in [3.8, 4) is 0 Å². The molecule has 1 atom stereocenters. The smallest absolute Gasteiger partial charge is 0.227 e. The van der Waals surface area contributed by atoms with E-state index in [0.29, 0.717) is 0 Å². The van der Waals surface area contributed by atoms with Crippen LogP contribution in [0, 0.1) is 10.8 Å². The molecule has 20 heavy (non-hydrogen) atoms. The topological polar surface area (TPSA) is 44.4 Å². The summed E-state index contributed by atoms with van der Waals surface area (Å²) in [5.41, 5.74) is 0.110. The highest BCUT2D eigenvalue weighted by Crippen LogP contribution is 2.32. The minimum Gasteiger partial charge on any atom is -0.355 e. The third kappa shape index (κ3) is 3.53. The van der Waals surface area contributed by atoms with Gasteiger partial charge >= 0.3 is 0 Å². The minimum atomic E-state index is -0.167. The van der Waals surface area contributed by atoms with Crippen LogP contribution in [0.3, 0.4) is 0 Å². The van der Waals surface area contributed by atoms with E-state index in [4.69, 9.17) is 0 Å². The Hall–Kier alpha value is -0.610. The molecule has 2 rings (SSSR count). The van der Waals surface area contributed by atoms with Gasteiger partial charge in [-0.05, 0) is 64.2 Å². The quantitative estimate of drug-likeness (QED) is 0.823. The average molecular weight is 281 g/mol. The van der Waals surface area contributed by atoms with Crippen molar-refractivity contribution in [1.82, 2.24) is 15.5 Å². The maximum absolute atomic E-state index is 12.6. The predicted molar refractivity (Wildman–Crippen MR) is 82.7 cm³/mol. The number of nitrogens with zero attached hydrogens (tertiary/aromatic N) is 1. The van der Waals surface area contributed by atoms with Gasteiger partial charge in [0.1, 0.15) is 0 Å². The van der Waals surface area contributed by atoms with Gasteiger partial charge in [0, 0.05) is 13.1 Å². The molecule has 2 N–H and O–H groups in total. The van der Waals surface area contributed by atoms with E-state index >= 15 is 0 Å². The highest BCUT2D eigenvalue weighted by Gasteiger charge is 2.39. The molecule has 0 aromatic rings. The Kier molecular flexibility index (Phi) is 5.08. The molecule has 2 saturated heterocycles. The number of piperidine rings is 2. The number of likely N-dealkylation sites (tertiary alicyclic amines) is 1. The van der Waals surface area contributed by atoms with Gasteiger partial charge in [-0.1, -0.05) is 13.8 Å². The molecule has 2 aliphatic heterocycles. The first-order chi connectivity index (χ1) is 9.50. The van der Waals surface area contributed by atoms with E-state index in [1.54, 1.807) is 0 Å². The number of rotatable bonds is 4. The molecule has 116 valence electrons. The highest BCUT2D eigenvalue weighted by atomic mass is 16.2. The lowest BCUT2D eigenvalue weighted by Crippen LogP contribution is -2.52. The zero-order chi connectivity index (χ0) is 14.6. The molecule has 1 amide bonds. The Morgan fingerprint density at radius 3 is 2.55 bits per heavy atom. The predicted octanol–water partition coefficient (Wildman–Crippen LogP) is 1.61. The van der Waals surface area contributed by atoms with Crippen LogP contribution in [-0.4, -0.2) is 50.6 Å². The van der Waals surface area contributed by atoms with Crippen LogP contribution < -0.4 is 10.6 Å². The van der Waals surface area contributed by atoms with E-state index in [-0.39, 0.29) is 16.7 Å². The third-order valence-corrected chi connectivity index (χ3v) is 5.50. The first-order valence-corrected chi connectivity index (χ1v) is 8.17. The highest BCUT2D eigenvalue weighted by molar-refractivity contribution is 5.83. The number of amides is 1. The monoisotopic (exact) mass is 281 g/mol. The number of carbonyl (C=O) groups excluding carboxylic acids is 1. The van der Waals surface area contributed by atoms with E-state index in [2.05, 4.69) is 36.4 Å². The van der Waals surface area contributed by atoms with Gasteiger partial charge in [0.15, 0.2) is 0 Å². The van der Waals surface area contributed by atoms with Crippen molar-refractivity contribution in [2.45, 2.75) is 46.0 Å². The number of hydrogen-bond donors (Lipinski definition) is 2. The largest absolute Gasteiger partial charge is 0.355 e. The molecule has 0 aromatic carbocycles. The number of carbonyl (C=O) groups is 1. The molecule has 2 fully saturated rings. The third-order valence-electron chi connectivity index (χ3n) is 5.50. The molecule has 0 saturated carbocycles. The maximum atomic E-state index is 12.6. The second-order valence-corrected chi connectivity index (χ2v) is 7.21. The Morgan fingerprint density at radius 2 is 2.00 bits per heavy atom. The van der Waals surface area contributed by atoms with Crippen LogP contribution in [0.5, 0.6) is 0 Å². The van der Waals surface area contributed by atoms with Crippen molar-refractivity contribution < 1.29 is 4.79 Å². The average Bonchev–Trinajstić information content (AvgIpc) is 2.49. The van der Waals surface area contributed by atoms with Crippen molar-refractivity contribution >= 4 is 5.91 Å². The molecule has 0 aliphatic carbocycles. The van der Waals surface area contributed by atoms with Crippen LogP contribution in [-0.2, 0) is 4.79 Å². The second kappa shape index (κ2) is 6.44. The fraction of sp³-hybridized carbons (Fsp3) is 0.938. The second-order valence-electron chi connectivity index (χ2n) is 7.21. The van der Waals surface area contributed by atoms with E-state index in [1.165, 1.54) is 12.8 Å². The molecule has 4 nitrogen and oxygen atoms in total. The molecule has 2 heterocycles. The molecular weight excluding hydrogens is 250 g/mol. The molecule has 2 aliphatic rings. The first kappa shape index (κ1) is 15.8.